The Hall–Kier alpha value is -3.12. The summed E-state index contributed by atoms with van der Waals surface area (Å²) >= 11 is 0. The monoisotopic (exact) mass is 445 g/mol. The molecule has 33 heavy (non-hydrogen) atoms. The van der Waals surface area contributed by atoms with E-state index >= 15 is 0 Å². The molecule has 2 aliphatic rings. The molecule has 2 heterocycles. The molecule has 172 valence electrons. The van der Waals surface area contributed by atoms with Crippen molar-refractivity contribution in [2.24, 2.45) is 10.8 Å². The summed E-state index contributed by atoms with van der Waals surface area (Å²) in [5.74, 6) is 0.538. The van der Waals surface area contributed by atoms with Gasteiger partial charge in [-0.1, -0.05) is 43.7 Å². The fourth-order valence-corrected chi connectivity index (χ4v) is 5.13. The third-order valence-corrected chi connectivity index (χ3v) is 7.06. The summed E-state index contributed by atoms with van der Waals surface area (Å²) in [5.41, 5.74) is 12.8. The Bertz CT molecular complexity index is 1230. The molecule has 5 rings (SSSR count). The number of nitrogens with one attached hydrogen (secondary N) is 1. The maximum Gasteiger partial charge on any atom is 0.261 e. The van der Waals surface area contributed by atoms with E-state index in [1.54, 1.807) is 0 Å². The molecule has 1 aromatic heterocycles. The Morgan fingerprint density at radius 3 is 2.67 bits per heavy atom. The number of rotatable bonds is 4. The first-order valence-electron chi connectivity index (χ1n) is 12.0. The summed E-state index contributed by atoms with van der Waals surface area (Å²) in [6.45, 7) is 2.11. The van der Waals surface area contributed by atoms with Crippen LogP contribution in [0.5, 0.6) is 5.75 Å². The summed E-state index contributed by atoms with van der Waals surface area (Å²) < 4.78 is 12.7. The molecule has 1 aliphatic carbocycles. The molecular weight excluding hydrogens is 414 g/mol. The zero-order chi connectivity index (χ0) is 22.8. The molecule has 1 atom stereocenters. The lowest BCUT2D eigenvalue weighted by molar-refractivity contribution is -0.122. The van der Waals surface area contributed by atoms with Crippen LogP contribution in [0, 0.1) is 0 Å². The number of hydrogen-bond donors (Lipinski definition) is 2. The highest BCUT2D eigenvalue weighted by molar-refractivity contribution is 5.83. The second kappa shape index (κ2) is 9.02. The number of nitrogens with zero attached hydrogens (tertiary/aromatic N) is 1. The molecule has 1 spiro atoms. The van der Waals surface area contributed by atoms with E-state index in [1.165, 1.54) is 24.8 Å². The number of amides is 1. The minimum absolute atomic E-state index is 0.0178. The fraction of sp³-hybridized carbons (Fsp3) is 0.407. The molecule has 6 nitrogen and oxygen atoms in total. The predicted octanol–water partition coefficient (Wildman–Crippen LogP) is 4.66. The van der Waals surface area contributed by atoms with Crippen LogP contribution in [0.3, 0.4) is 0 Å². The predicted molar refractivity (Wildman–Crippen MR) is 127 cm³/mol. The molecular formula is C27H31N3O3. The van der Waals surface area contributed by atoms with Crippen LogP contribution in [-0.4, -0.2) is 11.5 Å². The zero-order valence-corrected chi connectivity index (χ0v) is 19.1. The van der Waals surface area contributed by atoms with Crippen molar-refractivity contribution in [3.8, 4) is 5.75 Å². The number of carbonyl (C=O) groups excluding carboxylic acids is 1. The lowest BCUT2D eigenvalue weighted by Crippen LogP contribution is -2.41. The van der Waals surface area contributed by atoms with Crippen LogP contribution in [0.4, 0.5) is 0 Å². The Balaban J connectivity index is 1.45. The standard InChI is InChI=1S/C27H31N3O3/c1-2-18-16-24(29-30-26(31)25(28)19-9-5-3-6-10-19)32-23-17-22-20(15-21(18)23)11-14-27(33-22)12-7-4-8-13-27/h3,5-6,9-10,15-17,25H,2,4,7-8,11-14,28H2,1H3,(H,30,31). The Labute approximate surface area is 193 Å². The lowest BCUT2D eigenvalue weighted by Gasteiger charge is -2.41. The maximum absolute atomic E-state index is 12.5. The largest absolute Gasteiger partial charge is 0.487 e. The van der Waals surface area contributed by atoms with Gasteiger partial charge in [-0.05, 0) is 67.7 Å². The van der Waals surface area contributed by atoms with Crippen molar-refractivity contribution in [2.45, 2.75) is 69.9 Å². The van der Waals surface area contributed by atoms with Crippen LogP contribution < -0.4 is 21.5 Å². The van der Waals surface area contributed by atoms with Crippen molar-refractivity contribution >= 4 is 16.9 Å². The highest BCUT2D eigenvalue weighted by Crippen LogP contribution is 2.43. The minimum Gasteiger partial charge on any atom is -0.487 e. The van der Waals surface area contributed by atoms with Crippen molar-refractivity contribution in [1.29, 1.82) is 0 Å². The molecule has 2 aromatic carbocycles. The van der Waals surface area contributed by atoms with E-state index in [0.717, 1.165) is 59.9 Å². The smallest absolute Gasteiger partial charge is 0.261 e. The summed E-state index contributed by atoms with van der Waals surface area (Å²) in [4.78, 5) is 12.5. The highest BCUT2D eigenvalue weighted by Gasteiger charge is 2.37. The van der Waals surface area contributed by atoms with Crippen LogP contribution >= 0.6 is 0 Å². The second-order valence-electron chi connectivity index (χ2n) is 9.24. The first-order valence-corrected chi connectivity index (χ1v) is 12.0. The third kappa shape index (κ3) is 4.40. The van der Waals surface area contributed by atoms with Gasteiger partial charge in [0.1, 0.15) is 23.0 Å². The summed E-state index contributed by atoms with van der Waals surface area (Å²) in [5, 5.41) is 5.29. The van der Waals surface area contributed by atoms with Gasteiger partial charge in [0.25, 0.3) is 5.91 Å². The SMILES string of the molecule is CCc1cc(=NNC(=O)C(N)c2ccccc2)oc2cc3c(cc12)CCC1(CCCCC1)O3. The summed E-state index contributed by atoms with van der Waals surface area (Å²) in [7, 11) is 0. The second-order valence-corrected chi connectivity index (χ2v) is 9.24. The molecule has 1 aliphatic heterocycles. The van der Waals surface area contributed by atoms with Gasteiger partial charge in [-0.15, -0.1) is 5.10 Å². The quantitative estimate of drug-likeness (QED) is 0.572. The molecule has 6 heteroatoms. The van der Waals surface area contributed by atoms with Gasteiger partial charge in [-0.3, -0.25) is 4.79 Å². The van der Waals surface area contributed by atoms with Gasteiger partial charge >= 0.3 is 0 Å². The number of carbonyl (C=O) groups is 1. The fourth-order valence-electron chi connectivity index (χ4n) is 5.13. The van der Waals surface area contributed by atoms with Gasteiger partial charge in [0.2, 0.25) is 5.55 Å². The molecule has 0 saturated heterocycles. The first-order chi connectivity index (χ1) is 16.1. The van der Waals surface area contributed by atoms with E-state index in [4.69, 9.17) is 14.9 Å². The molecule has 0 bridgehead atoms. The highest BCUT2D eigenvalue weighted by atomic mass is 16.5. The normalized spacial score (nSPS) is 18.5. The molecule has 3 N–H and O–H groups in total. The molecule has 1 fully saturated rings. The van der Waals surface area contributed by atoms with Crippen molar-refractivity contribution in [1.82, 2.24) is 5.43 Å². The zero-order valence-electron chi connectivity index (χ0n) is 19.1. The van der Waals surface area contributed by atoms with Gasteiger partial charge < -0.3 is 14.9 Å². The van der Waals surface area contributed by atoms with E-state index < -0.39 is 6.04 Å². The van der Waals surface area contributed by atoms with E-state index in [2.05, 4.69) is 23.5 Å². The van der Waals surface area contributed by atoms with Gasteiger partial charge in [0, 0.05) is 17.5 Å². The molecule has 1 saturated carbocycles. The van der Waals surface area contributed by atoms with Crippen molar-refractivity contribution in [3.63, 3.8) is 0 Å². The molecule has 1 unspecified atom stereocenters. The minimum atomic E-state index is -0.798. The van der Waals surface area contributed by atoms with E-state index in [-0.39, 0.29) is 11.5 Å². The van der Waals surface area contributed by atoms with Gasteiger partial charge in [-0.2, -0.15) is 0 Å². The molecule has 1 amide bonds. The topological polar surface area (TPSA) is 89.9 Å². The van der Waals surface area contributed by atoms with Crippen molar-refractivity contribution in [2.75, 3.05) is 0 Å². The van der Waals surface area contributed by atoms with Crippen LogP contribution in [0.1, 0.15) is 68.2 Å². The van der Waals surface area contributed by atoms with Crippen molar-refractivity contribution < 1.29 is 13.9 Å². The summed E-state index contributed by atoms with van der Waals surface area (Å²) in [6.07, 6.45) is 8.99. The number of fused-ring (bicyclic) bond motifs is 2. The Morgan fingerprint density at radius 1 is 1.12 bits per heavy atom. The Morgan fingerprint density at radius 2 is 1.91 bits per heavy atom. The molecule has 0 radical (unpaired) electrons. The third-order valence-electron chi connectivity index (χ3n) is 7.06. The maximum atomic E-state index is 12.5. The van der Waals surface area contributed by atoms with E-state index in [0.29, 0.717) is 5.55 Å². The summed E-state index contributed by atoms with van der Waals surface area (Å²) in [6, 6.07) is 14.5. The van der Waals surface area contributed by atoms with Gasteiger partial charge in [-0.25, -0.2) is 5.43 Å². The van der Waals surface area contributed by atoms with E-state index in [1.807, 2.05) is 42.5 Å². The van der Waals surface area contributed by atoms with Crippen LogP contribution in [-0.2, 0) is 17.6 Å². The van der Waals surface area contributed by atoms with Gasteiger partial charge in [0.05, 0.1) is 0 Å². The number of aryl methyl sites for hydroxylation is 2. The average molecular weight is 446 g/mol. The van der Waals surface area contributed by atoms with Crippen LogP contribution in [0.25, 0.3) is 11.0 Å². The van der Waals surface area contributed by atoms with Crippen LogP contribution in [0.15, 0.2) is 58.0 Å². The number of ether oxygens (including phenoxy) is 1. The van der Waals surface area contributed by atoms with Gasteiger partial charge in [0.15, 0.2) is 0 Å². The van der Waals surface area contributed by atoms with Crippen LogP contribution in [0.2, 0.25) is 0 Å². The van der Waals surface area contributed by atoms with Crippen molar-refractivity contribution in [3.05, 3.63) is 70.8 Å². The number of hydrogen-bond acceptors (Lipinski definition) is 5. The number of benzene rings is 2. The van der Waals surface area contributed by atoms with E-state index in [9.17, 15) is 4.79 Å². The lowest BCUT2D eigenvalue weighted by atomic mass is 9.79. The molecule has 3 aromatic rings. The number of nitrogens with two attached hydrogens (primary N) is 1. The average Bonchev–Trinajstić information content (AvgIpc) is 2.86. The first kappa shape index (κ1) is 21.7. The Kier molecular flexibility index (Phi) is 5.94.